The van der Waals surface area contributed by atoms with Crippen molar-refractivity contribution in [2.45, 2.75) is 20.3 Å². The molecule has 0 amide bonds. The SMILES string of the molecule is CC(C)CCN1CCN(c2ccc(Nc3ccc(-c4cc[nH]c(=O)c4)n4ccnc34)cc2)CC1. The molecule has 2 N–H and O–H groups in total. The van der Waals surface area contributed by atoms with Gasteiger partial charge in [0.05, 0.1) is 11.4 Å². The minimum Gasteiger partial charge on any atom is -0.369 e. The molecule has 4 aromatic rings. The molecular weight excluding hydrogens is 424 g/mol. The molecule has 0 bridgehead atoms. The Morgan fingerprint density at radius 2 is 1.82 bits per heavy atom. The number of hydrogen-bond acceptors (Lipinski definition) is 5. The predicted octanol–water partition coefficient (Wildman–Crippen LogP) is 4.60. The molecular formula is C27H32N6O. The Balaban J connectivity index is 1.28. The average Bonchev–Trinajstić information content (AvgIpc) is 3.34. The molecule has 0 saturated carbocycles. The highest BCUT2D eigenvalue weighted by Crippen LogP contribution is 2.28. The van der Waals surface area contributed by atoms with E-state index in [4.69, 9.17) is 0 Å². The Hall–Kier alpha value is -3.58. The predicted molar refractivity (Wildman–Crippen MR) is 139 cm³/mol. The van der Waals surface area contributed by atoms with Gasteiger partial charge in [-0.25, -0.2) is 4.98 Å². The molecule has 1 aliphatic rings. The lowest BCUT2D eigenvalue weighted by atomic mass is 10.1. The lowest BCUT2D eigenvalue weighted by molar-refractivity contribution is 0.244. The van der Waals surface area contributed by atoms with E-state index in [2.05, 4.69) is 63.2 Å². The van der Waals surface area contributed by atoms with Crippen LogP contribution >= 0.6 is 0 Å². The number of imidazole rings is 1. The number of pyridine rings is 2. The van der Waals surface area contributed by atoms with Gasteiger partial charge in [0, 0.05) is 67.8 Å². The van der Waals surface area contributed by atoms with Gasteiger partial charge in [-0.3, -0.25) is 14.1 Å². The number of aromatic nitrogens is 3. The molecule has 0 radical (unpaired) electrons. The van der Waals surface area contributed by atoms with Crippen molar-refractivity contribution in [2.75, 3.05) is 42.9 Å². The molecule has 3 aromatic heterocycles. The number of anilines is 3. The number of rotatable bonds is 7. The van der Waals surface area contributed by atoms with Crippen molar-refractivity contribution in [2.24, 2.45) is 5.92 Å². The maximum Gasteiger partial charge on any atom is 0.248 e. The molecule has 0 unspecified atom stereocenters. The Bertz CT molecular complexity index is 1300. The Labute approximate surface area is 200 Å². The Morgan fingerprint density at radius 3 is 2.56 bits per heavy atom. The fourth-order valence-electron chi connectivity index (χ4n) is 4.53. The summed E-state index contributed by atoms with van der Waals surface area (Å²) < 4.78 is 2.00. The van der Waals surface area contributed by atoms with Gasteiger partial charge in [0.2, 0.25) is 5.56 Å². The number of benzene rings is 1. The van der Waals surface area contributed by atoms with Gasteiger partial charge in [-0.1, -0.05) is 13.8 Å². The first-order valence-corrected chi connectivity index (χ1v) is 12.1. The van der Waals surface area contributed by atoms with E-state index in [1.54, 1.807) is 18.5 Å². The van der Waals surface area contributed by atoms with Crippen LogP contribution in [0.2, 0.25) is 0 Å². The lowest BCUT2D eigenvalue weighted by Gasteiger charge is -2.36. The topological polar surface area (TPSA) is 68.7 Å². The molecule has 176 valence electrons. The van der Waals surface area contributed by atoms with Gasteiger partial charge in [0.1, 0.15) is 0 Å². The van der Waals surface area contributed by atoms with Crippen molar-refractivity contribution in [3.63, 3.8) is 0 Å². The van der Waals surface area contributed by atoms with Crippen LogP contribution in [-0.2, 0) is 0 Å². The highest BCUT2D eigenvalue weighted by atomic mass is 16.1. The van der Waals surface area contributed by atoms with Gasteiger partial charge < -0.3 is 15.2 Å². The third-order valence-electron chi connectivity index (χ3n) is 6.53. The first-order valence-electron chi connectivity index (χ1n) is 12.1. The molecule has 0 atom stereocenters. The fourth-order valence-corrected chi connectivity index (χ4v) is 4.53. The van der Waals surface area contributed by atoms with Crippen LogP contribution in [0.15, 0.2) is 71.9 Å². The second-order valence-electron chi connectivity index (χ2n) is 9.38. The molecule has 1 aliphatic heterocycles. The van der Waals surface area contributed by atoms with Crippen molar-refractivity contribution in [3.8, 4) is 11.3 Å². The van der Waals surface area contributed by atoms with Gasteiger partial charge in [0.15, 0.2) is 5.65 Å². The van der Waals surface area contributed by atoms with Crippen LogP contribution in [0.4, 0.5) is 17.1 Å². The molecule has 7 nitrogen and oxygen atoms in total. The van der Waals surface area contributed by atoms with E-state index in [-0.39, 0.29) is 5.56 Å². The number of piperazine rings is 1. The molecule has 1 aromatic carbocycles. The summed E-state index contributed by atoms with van der Waals surface area (Å²) in [6.45, 7) is 10.2. The van der Waals surface area contributed by atoms with Crippen molar-refractivity contribution >= 4 is 22.7 Å². The van der Waals surface area contributed by atoms with E-state index < -0.39 is 0 Å². The van der Waals surface area contributed by atoms with Gasteiger partial charge in [0.25, 0.3) is 0 Å². The minimum absolute atomic E-state index is 0.120. The summed E-state index contributed by atoms with van der Waals surface area (Å²) >= 11 is 0. The molecule has 0 spiro atoms. The Morgan fingerprint density at radius 1 is 1.03 bits per heavy atom. The minimum atomic E-state index is -0.120. The number of H-pyrrole nitrogens is 1. The third-order valence-corrected chi connectivity index (χ3v) is 6.53. The second kappa shape index (κ2) is 9.73. The van der Waals surface area contributed by atoms with E-state index in [0.717, 1.165) is 60.4 Å². The summed E-state index contributed by atoms with van der Waals surface area (Å²) in [7, 11) is 0. The first-order chi connectivity index (χ1) is 16.6. The van der Waals surface area contributed by atoms with Crippen LogP contribution in [0, 0.1) is 5.92 Å². The van der Waals surface area contributed by atoms with Crippen LogP contribution in [0.25, 0.3) is 16.9 Å². The molecule has 4 heterocycles. The largest absolute Gasteiger partial charge is 0.369 e. The van der Waals surface area contributed by atoms with Crippen molar-refractivity contribution in [3.05, 3.63) is 77.5 Å². The number of aromatic amines is 1. The summed E-state index contributed by atoms with van der Waals surface area (Å²) in [5, 5.41) is 3.51. The molecule has 1 fully saturated rings. The molecule has 5 rings (SSSR count). The fraction of sp³-hybridized carbons (Fsp3) is 0.333. The van der Waals surface area contributed by atoms with E-state index >= 15 is 0 Å². The van der Waals surface area contributed by atoms with Gasteiger partial charge >= 0.3 is 0 Å². The highest BCUT2D eigenvalue weighted by Gasteiger charge is 2.17. The summed E-state index contributed by atoms with van der Waals surface area (Å²) in [6, 6.07) is 16.2. The molecule has 34 heavy (non-hydrogen) atoms. The Kier molecular flexibility index (Phi) is 6.36. The van der Waals surface area contributed by atoms with Crippen molar-refractivity contribution in [1.82, 2.24) is 19.3 Å². The quantitative estimate of drug-likeness (QED) is 0.425. The maximum absolute atomic E-state index is 11.8. The summed E-state index contributed by atoms with van der Waals surface area (Å²) in [6.07, 6.45) is 6.64. The van der Waals surface area contributed by atoms with E-state index in [0.29, 0.717) is 0 Å². The number of fused-ring (bicyclic) bond motifs is 1. The van der Waals surface area contributed by atoms with E-state index in [1.807, 2.05) is 28.8 Å². The van der Waals surface area contributed by atoms with Gasteiger partial charge in [-0.05, 0) is 61.3 Å². The maximum atomic E-state index is 11.8. The molecule has 1 saturated heterocycles. The lowest BCUT2D eigenvalue weighted by Crippen LogP contribution is -2.46. The normalized spacial score (nSPS) is 14.7. The van der Waals surface area contributed by atoms with E-state index in [1.165, 1.54) is 18.7 Å². The summed E-state index contributed by atoms with van der Waals surface area (Å²) in [5.74, 6) is 0.764. The zero-order valence-corrected chi connectivity index (χ0v) is 19.9. The standard InChI is InChI=1S/C27H32N6O/c1-20(2)10-13-31-15-17-32(18-16-31)23-5-3-22(4-6-23)30-24-7-8-25(33-14-12-29-27(24)33)21-9-11-28-26(34)19-21/h3-9,11-12,14,19-20,30H,10,13,15-18H2,1-2H3,(H,28,34). The van der Waals surface area contributed by atoms with Crippen LogP contribution in [0.1, 0.15) is 20.3 Å². The van der Waals surface area contributed by atoms with Crippen LogP contribution in [0.5, 0.6) is 0 Å². The first kappa shape index (κ1) is 22.2. The van der Waals surface area contributed by atoms with Crippen molar-refractivity contribution < 1.29 is 0 Å². The second-order valence-corrected chi connectivity index (χ2v) is 9.38. The van der Waals surface area contributed by atoms with Gasteiger partial charge in [-0.15, -0.1) is 0 Å². The van der Waals surface area contributed by atoms with Crippen LogP contribution in [-0.4, -0.2) is 52.0 Å². The zero-order chi connectivity index (χ0) is 23.5. The molecule has 7 heteroatoms. The number of nitrogens with one attached hydrogen (secondary N) is 2. The summed E-state index contributed by atoms with van der Waals surface area (Å²) in [4.78, 5) is 24.0. The van der Waals surface area contributed by atoms with Crippen LogP contribution in [0.3, 0.4) is 0 Å². The highest BCUT2D eigenvalue weighted by molar-refractivity contribution is 5.78. The van der Waals surface area contributed by atoms with Crippen molar-refractivity contribution in [1.29, 1.82) is 0 Å². The summed E-state index contributed by atoms with van der Waals surface area (Å²) in [5.41, 5.74) is 5.69. The zero-order valence-electron chi connectivity index (χ0n) is 19.9. The van der Waals surface area contributed by atoms with Gasteiger partial charge in [-0.2, -0.15) is 0 Å². The van der Waals surface area contributed by atoms with E-state index in [9.17, 15) is 4.79 Å². The monoisotopic (exact) mass is 456 g/mol. The third kappa shape index (κ3) is 4.84. The molecule has 0 aliphatic carbocycles. The van der Waals surface area contributed by atoms with Crippen LogP contribution < -0.4 is 15.8 Å². The number of nitrogens with zero attached hydrogens (tertiary/aromatic N) is 4. The number of hydrogen-bond donors (Lipinski definition) is 2. The average molecular weight is 457 g/mol. The smallest absolute Gasteiger partial charge is 0.248 e.